The molecule has 1 aromatic heterocycles. The molecule has 0 fully saturated rings. The number of phenolic OH excluding ortho intramolecular Hbond substituents is 1. The van der Waals surface area contributed by atoms with E-state index in [9.17, 15) is 10.0 Å². The van der Waals surface area contributed by atoms with Gasteiger partial charge in [-0.25, -0.2) is 0 Å². The molecule has 0 spiro atoms. The Bertz CT molecular complexity index is 604. The fourth-order valence-corrected chi connectivity index (χ4v) is 2.15. The lowest BCUT2D eigenvalue weighted by molar-refractivity contribution is -0.00100. The number of benzene rings is 1. The predicted molar refractivity (Wildman–Crippen MR) is 75.5 cm³/mol. The lowest BCUT2D eigenvalue weighted by atomic mass is 10.1. The monoisotopic (exact) mass is 329 g/mol. The maximum absolute atomic E-state index is 10.9. The van der Waals surface area contributed by atoms with Gasteiger partial charge in [-0.2, -0.15) is 0 Å². The average molecular weight is 330 g/mol. The van der Waals surface area contributed by atoms with Gasteiger partial charge in [-0.05, 0) is 36.5 Å². The first-order valence-electron chi connectivity index (χ1n) is 6.36. The van der Waals surface area contributed by atoms with Crippen LogP contribution in [0, 0.1) is 4.91 Å². The zero-order valence-corrected chi connectivity index (χ0v) is 13.4. The Labute approximate surface area is 136 Å². The van der Waals surface area contributed by atoms with Crippen LogP contribution in [0.1, 0.15) is 19.4 Å². The Morgan fingerprint density at radius 1 is 1.29 bits per heavy atom. The number of aromatic nitrogens is 1. The standard InChI is InChI=1S/C14H17N3O2.2ClH/c1-3-17(4-2)9-10-8-12(16-19)11-6-5-7-15-13(11)14(10)18;;/h5-8,18H,3-4,9H2,1-2H3;2*1H/p-2. The Balaban J connectivity index is 0.00000200. The minimum absolute atomic E-state index is 0. The van der Waals surface area contributed by atoms with Crippen LogP contribution < -0.4 is 24.8 Å². The highest BCUT2D eigenvalue weighted by Crippen LogP contribution is 2.35. The summed E-state index contributed by atoms with van der Waals surface area (Å²) in [5.74, 6) is 0.134. The number of fused-ring (bicyclic) bond motifs is 1. The number of hydrogen-bond acceptors (Lipinski definition) is 5. The van der Waals surface area contributed by atoms with Gasteiger partial charge in [-0.1, -0.05) is 13.8 Å². The summed E-state index contributed by atoms with van der Waals surface area (Å²) in [6.07, 6.45) is 1.60. The normalized spacial score (nSPS) is 10.0. The number of phenols is 1. The van der Waals surface area contributed by atoms with Crippen LogP contribution in [0.25, 0.3) is 10.9 Å². The van der Waals surface area contributed by atoms with E-state index in [4.69, 9.17) is 0 Å². The van der Waals surface area contributed by atoms with Crippen molar-refractivity contribution >= 4 is 16.6 Å². The summed E-state index contributed by atoms with van der Waals surface area (Å²) in [6.45, 7) is 6.44. The van der Waals surface area contributed by atoms with Crippen molar-refractivity contribution < 1.29 is 29.9 Å². The summed E-state index contributed by atoms with van der Waals surface area (Å²) in [6, 6.07) is 5.10. The lowest BCUT2D eigenvalue weighted by Crippen LogP contribution is -3.00. The highest BCUT2D eigenvalue weighted by atomic mass is 35.5. The molecular formula is C14H17Cl2N3O2-2. The van der Waals surface area contributed by atoms with Gasteiger partial charge in [0.1, 0.15) is 17.0 Å². The van der Waals surface area contributed by atoms with Gasteiger partial charge in [0.05, 0.1) is 0 Å². The largest absolute Gasteiger partial charge is 1.00 e. The second kappa shape index (κ2) is 8.77. The number of pyridine rings is 1. The van der Waals surface area contributed by atoms with Crippen LogP contribution in [0.15, 0.2) is 29.6 Å². The fourth-order valence-electron chi connectivity index (χ4n) is 2.15. The zero-order valence-electron chi connectivity index (χ0n) is 11.9. The lowest BCUT2D eigenvalue weighted by Gasteiger charge is -2.19. The molecule has 116 valence electrons. The molecular weight excluding hydrogens is 313 g/mol. The third kappa shape index (κ3) is 4.03. The molecule has 5 nitrogen and oxygen atoms in total. The summed E-state index contributed by atoms with van der Waals surface area (Å²) in [5.41, 5.74) is 1.44. The quantitative estimate of drug-likeness (QED) is 0.601. The van der Waals surface area contributed by atoms with E-state index in [1.54, 1.807) is 24.4 Å². The van der Waals surface area contributed by atoms with Crippen molar-refractivity contribution in [1.82, 2.24) is 9.88 Å². The molecule has 7 heteroatoms. The van der Waals surface area contributed by atoms with Crippen molar-refractivity contribution in [2.24, 2.45) is 5.18 Å². The highest BCUT2D eigenvalue weighted by molar-refractivity contribution is 5.94. The van der Waals surface area contributed by atoms with E-state index in [0.29, 0.717) is 28.7 Å². The van der Waals surface area contributed by atoms with E-state index in [1.807, 2.05) is 0 Å². The summed E-state index contributed by atoms with van der Waals surface area (Å²) < 4.78 is 0. The van der Waals surface area contributed by atoms with Crippen molar-refractivity contribution in [3.05, 3.63) is 34.9 Å². The number of nitrogens with zero attached hydrogens (tertiary/aromatic N) is 3. The Morgan fingerprint density at radius 2 is 1.95 bits per heavy atom. The third-order valence-corrected chi connectivity index (χ3v) is 3.31. The van der Waals surface area contributed by atoms with Gasteiger partial charge in [-0.15, -0.1) is 4.91 Å². The van der Waals surface area contributed by atoms with E-state index in [1.165, 1.54) is 0 Å². The van der Waals surface area contributed by atoms with Crippen molar-refractivity contribution in [3.63, 3.8) is 0 Å². The van der Waals surface area contributed by atoms with E-state index >= 15 is 0 Å². The first kappa shape index (κ1) is 19.6. The van der Waals surface area contributed by atoms with Crippen molar-refractivity contribution in [1.29, 1.82) is 0 Å². The Morgan fingerprint density at radius 3 is 2.52 bits per heavy atom. The topological polar surface area (TPSA) is 65.8 Å². The Hall–Kier alpha value is -1.43. The minimum atomic E-state index is 0. The van der Waals surface area contributed by atoms with Crippen molar-refractivity contribution in [2.45, 2.75) is 20.4 Å². The predicted octanol–water partition coefficient (Wildman–Crippen LogP) is -2.81. The van der Waals surface area contributed by atoms with Gasteiger partial charge in [-0.3, -0.25) is 9.88 Å². The molecule has 0 aliphatic heterocycles. The first-order valence-corrected chi connectivity index (χ1v) is 6.36. The van der Waals surface area contributed by atoms with Crippen molar-refractivity contribution in [3.8, 4) is 5.75 Å². The molecule has 0 aliphatic carbocycles. The van der Waals surface area contributed by atoms with Gasteiger partial charge in [0, 0.05) is 23.7 Å². The highest BCUT2D eigenvalue weighted by Gasteiger charge is 2.14. The molecule has 1 heterocycles. The third-order valence-electron chi connectivity index (χ3n) is 3.31. The van der Waals surface area contributed by atoms with Crippen molar-refractivity contribution in [2.75, 3.05) is 13.1 Å². The maximum atomic E-state index is 10.9. The van der Waals surface area contributed by atoms with E-state index in [2.05, 4.69) is 28.9 Å². The number of aromatic hydroxyl groups is 1. The summed E-state index contributed by atoms with van der Waals surface area (Å²) in [4.78, 5) is 17.2. The van der Waals surface area contributed by atoms with Crippen LogP contribution in [0.5, 0.6) is 5.75 Å². The van der Waals surface area contributed by atoms with Gasteiger partial charge in [0.15, 0.2) is 0 Å². The molecule has 0 saturated carbocycles. The summed E-state index contributed by atoms with van der Waals surface area (Å²) >= 11 is 0. The van der Waals surface area contributed by atoms with Crippen LogP contribution in [0.3, 0.4) is 0 Å². The molecule has 1 aromatic carbocycles. The molecule has 0 bridgehead atoms. The summed E-state index contributed by atoms with van der Waals surface area (Å²) in [7, 11) is 0. The number of nitroso groups, excluding NO2 is 1. The molecule has 0 saturated heterocycles. The van der Waals surface area contributed by atoms with Crippen LogP contribution in [-0.2, 0) is 6.54 Å². The number of halogens is 2. The van der Waals surface area contributed by atoms with Gasteiger partial charge in [0.2, 0.25) is 0 Å². The van der Waals surface area contributed by atoms with Crippen LogP contribution in [0.2, 0.25) is 0 Å². The average Bonchev–Trinajstić information content (AvgIpc) is 2.47. The zero-order chi connectivity index (χ0) is 13.8. The molecule has 2 aromatic rings. The van der Waals surface area contributed by atoms with E-state index in [0.717, 1.165) is 13.1 Å². The van der Waals surface area contributed by atoms with Crippen LogP contribution in [0.4, 0.5) is 5.69 Å². The molecule has 2 rings (SSSR count). The maximum Gasteiger partial charge on any atom is 0.146 e. The molecule has 21 heavy (non-hydrogen) atoms. The molecule has 0 amide bonds. The van der Waals surface area contributed by atoms with E-state index < -0.39 is 0 Å². The second-order valence-corrected chi connectivity index (χ2v) is 4.36. The van der Waals surface area contributed by atoms with Crippen LogP contribution >= 0.6 is 0 Å². The van der Waals surface area contributed by atoms with Crippen LogP contribution in [-0.4, -0.2) is 28.1 Å². The fraction of sp³-hybridized carbons (Fsp3) is 0.357. The Kier molecular flexibility index (Phi) is 8.17. The van der Waals surface area contributed by atoms with Gasteiger partial charge >= 0.3 is 0 Å². The SMILES string of the molecule is CCN(CC)Cc1cc(N=O)c2cccnc2c1O.[Cl-].[Cl-]. The molecule has 0 radical (unpaired) electrons. The summed E-state index contributed by atoms with van der Waals surface area (Å²) in [5, 5.41) is 13.9. The number of rotatable bonds is 5. The molecule has 0 aliphatic rings. The van der Waals surface area contributed by atoms with Gasteiger partial charge in [0.25, 0.3) is 0 Å². The smallest absolute Gasteiger partial charge is 0.146 e. The number of hydrogen-bond donors (Lipinski definition) is 1. The second-order valence-electron chi connectivity index (χ2n) is 4.36. The van der Waals surface area contributed by atoms with E-state index in [-0.39, 0.29) is 30.6 Å². The first-order chi connectivity index (χ1) is 9.21. The minimum Gasteiger partial charge on any atom is -1.00 e. The molecule has 1 N–H and O–H groups in total. The van der Waals surface area contributed by atoms with Gasteiger partial charge < -0.3 is 29.9 Å². The molecule has 0 atom stereocenters. The molecule has 0 unspecified atom stereocenters.